The second kappa shape index (κ2) is 10.5. The van der Waals surface area contributed by atoms with E-state index in [0.29, 0.717) is 12.1 Å². The smallest absolute Gasteiger partial charge is 0.251 e. The largest absolute Gasteiger partial charge is 0.357 e. The van der Waals surface area contributed by atoms with Crippen LogP contribution < -0.4 is 10.6 Å². The van der Waals surface area contributed by atoms with Crippen LogP contribution in [-0.4, -0.2) is 43.4 Å². The van der Waals surface area contributed by atoms with E-state index in [2.05, 4.69) is 29.4 Å². The van der Waals surface area contributed by atoms with E-state index in [1.54, 1.807) is 7.05 Å². The molecule has 5 nitrogen and oxygen atoms in total. The number of piperidine rings is 1. The molecule has 6 heteroatoms. The first-order valence-electron chi connectivity index (χ1n) is 8.48. The molecule has 1 unspecified atom stereocenters. The number of hydrogen-bond acceptors (Lipinski definition) is 2. The lowest BCUT2D eigenvalue weighted by molar-refractivity contribution is 0.0963. The van der Waals surface area contributed by atoms with E-state index in [-0.39, 0.29) is 29.9 Å². The summed E-state index contributed by atoms with van der Waals surface area (Å²) in [5.41, 5.74) is 1.79. The molecular weight excluding hydrogens is 415 g/mol. The van der Waals surface area contributed by atoms with Gasteiger partial charge in [0.05, 0.1) is 6.54 Å². The standard InChI is InChI=1S/C18H28N4O.HI/c1-4-20-18(22-11-5-6-14(2)13-22)21-12-15-7-9-16(10-8-15)17(23)19-3;/h7-10,14H,4-6,11-13H2,1-3H3,(H,19,23)(H,20,21);1H. The van der Waals surface area contributed by atoms with E-state index in [1.807, 2.05) is 24.3 Å². The number of halogens is 1. The predicted octanol–water partition coefficient (Wildman–Crippen LogP) is 2.86. The number of guanidine groups is 1. The minimum atomic E-state index is -0.0595. The third-order valence-corrected chi connectivity index (χ3v) is 4.15. The van der Waals surface area contributed by atoms with Crippen molar-refractivity contribution in [1.29, 1.82) is 0 Å². The Balaban J connectivity index is 0.00000288. The van der Waals surface area contributed by atoms with Crippen LogP contribution in [-0.2, 0) is 6.54 Å². The van der Waals surface area contributed by atoms with Crippen LogP contribution >= 0.6 is 24.0 Å². The highest BCUT2D eigenvalue weighted by Gasteiger charge is 2.18. The van der Waals surface area contributed by atoms with Gasteiger partial charge in [0.2, 0.25) is 0 Å². The molecule has 1 amide bonds. The van der Waals surface area contributed by atoms with E-state index < -0.39 is 0 Å². The van der Waals surface area contributed by atoms with Crippen molar-refractivity contribution in [1.82, 2.24) is 15.5 Å². The Morgan fingerprint density at radius 1 is 1.33 bits per heavy atom. The fourth-order valence-corrected chi connectivity index (χ4v) is 2.88. The molecule has 1 heterocycles. The van der Waals surface area contributed by atoms with Crippen molar-refractivity contribution in [2.75, 3.05) is 26.7 Å². The van der Waals surface area contributed by atoms with Crippen molar-refractivity contribution in [3.8, 4) is 0 Å². The molecule has 1 atom stereocenters. The lowest BCUT2D eigenvalue weighted by Crippen LogP contribution is -2.46. The zero-order valence-electron chi connectivity index (χ0n) is 14.8. The molecule has 1 saturated heterocycles. The number of nitrogens with zero attached hydrogens (tertiary/aromatic N) is 2. The van der Waals surface area contributed by atoms with Gasteiger partial charge in [0.25, 0.3) is 5.91 Å². The van der Waals surface area contributed by atoms with Crippen LogP contribution in [0.25, 0.3) is 0 Å². The van der Waals surface area contributed by atoms with Crippen LogP contribution in [0.1, 0.15) is 42.6 Å². The van der Waals surface area contributed by atoms with Crippen LogP contribution in [0.3, 0.4) is 0 Å². The van der Waals surface area contributed by atoms with Crippen molar-refractivity contribution in [3.05, 3.63) is 35.4 Å². The fraction of sp³-hybridized carbons (Fsp3) is 0.556. The summed E-state index contributed by atoms with van der Waals surface area (Å²) in [6.07, 6.45) is 2.53. The van der Waals surface area contributed by atoms with E-state index in [4.69, 9.17) is 4.99 Å². The molecule has 1 aliphatic rings. The van der Waals surface area contributed by atoms with Crippen LogP contribution in [0, 0.1) is 5.92 Å². The summed E-state index contributed by atoms with van der Waals surface area (Å²) < 4.78 is 0. The Morgan fingerprint density at radius 3 is 2.62 bits per heavy atom. The molecule has 2 N–H and O–H groups in total. The van der Waals surface area contributed by atoms with Gasteiger partial charge in [0.15, 0.2) is 5.96 Å². The van der Waals surface area contributed by atoms with Crippen molar-refractivity contribution < 1.29 is 4.79 Å². The Morgan fingerprint density at radius 2 is 2.04 bits per heavy atom. The summed E-state index contributed by atoms with van der Waals surface area (Å²) in [7, 11) is 1.64. The normalized spacial score (nSPS) is 17.9. The molecule has 0 saturated carbocycles. The number of hydrogen-bond donors (Lipinski definition) is 2. The SMILES string of the molecule is CCNC(=NCc1ccc(C(=O)NC)cc1)N1CCCC(C)C1.I. The number of amides is 1. The molecule has 0 aliphatic carbocycles. The molecule has 134 valence electrons. The summed E-state index contributed by atoms with van der Waals surface area (Å²) in [4.78, 5) is 18.7. The van der Waals surface area contributed by atoms with Crippen LogP contribution in [0.4, 0.5) is 0 Å². The van der Waals surface area contributed by atoms with Gasteiger partial charge in [-0.1, -0.05) is 19.1 Å². The van der Waals surface area contributed by atoms with Crippen LogP contribution in [0.15, 0.2) is 29.3 Å². The number of benzene rings is 1. The van der Waals surface area contributed by atoms with Gasteiger partial charge in [-0.05, 0) is 43.4 Å². The lowest BCUT2D eigenvalue weighted by Gasteiger charge is -2.33. The van der Waals surface area contributed by atoms with Crippen molar-refractivity contribution >= 4 is 35.8 Å². The molecule has 1 aliphatic heterocycles. The first-order valence-corrected chi connectivity index (χ1v) is 8.48. The highest BCUT2D eigenvalue weighted by atomic mass is 127. The molecule has 24 heavy (non-hydrogen) atoms. The summed E-state index contributed by atoms with van der Waals surface area (Å²) in [5.74, 6) is 1.66. The molecular formula is C18H29IN4O. The quantitative estimate of drug-likeness (QED) is 0.427. The van der Waals surface area contributed by atoms with E-state index in [9.17, 15) is 4.79 Å². The zero-order valence-corrected chi connectivity index (χ0v) is 17.2. The Bertz CT molecular complexity index is 544. The topological polar surface area (TPSA) is 56.7 Å². The van der Waals surface area contributed by atoms with Gasteiger partial charge in [-0.15, -0.1) is 24.0 Å². The first-order chi connectivity index (χ1) is 11.1. The second-order valence-corrected chi connectivity index (χ2v) is 6.14. The van der Waals surface area contributed by atoms with Gasteiger partial charge in [-0.3, -0.25) is 4.79 Å². The average molecular weight is 444 g/mol. The average Bonchev–Trinajstić information content (AvgIpc) is 2.58. The van der Waals surface area contributed by atoms with Gasteiger partial charge >= 0.3 is 0 Å². The number of nitrogens with one attached hydrogen (secondary N) is 2. The van der Waals surface area contributed by atoms with Crippen molar-refractivity contribution in [2.24, 2.45) is 10.9 Å². The van der Waals surface area contributed by atoms with E-state index in [0.717, 1.165) is 37.1 Å². The third-order valence-electron chi connectivity index (χ3n) is 4.15. The Kier molecular flexibility index (Phi) is 9.10. The van der Waals surface area contributed by atoms with Gasteiger partial charge in [-0.2, -0.15) is 0 Å². The lowest BCUT2D eigenvalue weighted by atomic mass is 10.0. The third kappa shape index (κ3) is 5.96. The first kappa shape index (κ1) is 20.7. The minimum Gasteiger partial charge on any atom is -0.357 e. The van der Waals surface area contributed by atoms with Gasteiger partial charge in [0.1, 0.15) is 0 Å². The second-order valence-electron chi connectivity index (χ2n) is 6.14. The maximum Gasteiger partial charge on any atom is 0.251 e. The molecule has 0 radical (unpaired) electrons. The fourth-order valence-electron chi connectivity index (χ4n) is 2.88. The molecule has 1 aromatic carbocycles. The number of aliphatic imine (C=N–C) groups is 1. The summed E-state index contributed by atoms with van der Waals surface area (Å²) in [5, 5.41) is 6.03. The molecule has 0 spiro atoms. The van der Waals surface area contributed by atoms with Crippen LogP contribution in [0.5, 0.6) is 0 Å². The zero-order chi connectivity index (χ0) is 16.7. The van der Waals surface area contributed by atoms with Gasteiger partial charge in [-0.25, -0.2) is 4.99 Å². The summed E-state index contributed by atoms with van der Waals surface area (Å²) in [6.45, 7) is 8.04. The maximum atomic E-state index is 11.6. The molecule has 0 aromatic heterocycles. The maximum absolute atomic E-state index is 11.6. The van der Waals surface area contributed by atoms with Crippen molar-refractivity contribution in [2.45, 2.75) is 33.2 Å². The molecule has 0 bridgehead atoms. The predicted molar refractivity (Wildman–Crippen MR) is 110 cm³/mol. The number of likely N-dealkylation sites (tertiary alicyclic amines) is 1. The minimum absolute atomic E-state index is 0. The summed E-state index contributed by atoms with van der Waals surface area (Å²) >= 11 is 0. The highest BCUT2D eigenvalue weighted by molar-refractivity contribution is 14.0. The van der Waals surface area contributed by atoms with Crippen molar-refractivity contribution in [3.63, 3.8) is 0 Å². The molecule has 2 rings (SSSR count). The number of carbonyl (C=O) groups is 1. The van der Waals surface area contributed by atoms with Gasteiger partial charge < -0.3 is 15.5 Å². The van der Waals surface area contributed by atoms with E-state index in [1.165, 1.54) is 12.8 Å². The number of carbonyl (C=O) groups excluding carboxylic acids is 1. The Labute approximate surface area is 162 Å². The molecule has 1 aromatic rings. The number of rotatable bonds is 4. The highest BCUT2D eigenvalue weighted by Crippen LogP contribution is 2.15. The van der Waals surface area contributed by atoms with Crippen LogP contribution in [0.2, 0.25) is 0 Å². The van der Waals surface area contributed by atoms with Gasteiger partial charge in [0, 0.05) is 32.2 Å². The Hall–Kier alpha value is -1.31. The summed E-state index contributed by atoms with van der Waals surface area (Å²) in [6, 6.07) is 7.63. The monoisotopic (exact) mass is 444 g/mol. The molecule has 1 fully saturated rings. The van der Waals surface area contributed by atoms with E-state index >= 15 is 0 Å².